The lowest BCUT2D eigenvalue weighted by Gasteiger charge is -2.37. The smallest absolute Gasteiger partial charge is 0.293 e. The molecule has 0 spiro atoms. The third kappa shape index (κ3) is 2.46. The van der Waals surface area contributed by atoms with Gasteiger partial charge in [-0.05, 0) is 26.2 Å². The Hall–Kier alpha value is -1.03. The molecule has 1 aliphatic rings. The highest BCUT2D eigenvalue weighted by molar-refractivity contribution is 6.18. The van der Waals surface area contributed by atoms with Gasteiger partial charge in [0.25, 0.3) is 5.56 Å². The second-order valence-electron chi connectivity index (χ2n) is 4.31. The zero-order valence-corrected chi connectivity index (χ0v) is 10.9. The zero-order valence-electron chi connectivity index (χ0n) is 10.1. The average Bonchev–Trinajstić information content (AvgIpc) is 2.26. The van der Waals surface area contributed by atoms with E-state index in [1.54, 1.807) is 17.0 Å². The Labute approximate surface area is 106 Å². The van der Waals surface area contributed by atoms with Crippen molar-refractivity contribution in [3.8, 4) is 0 Å². The van der Waals surface area contributed by atoms with Crippen LogP contribution in [0.5, 0.6) is 0 Å². The van der Waals surface area contributed by atoms with Crippen LogP contribution in [0.15, 0.2) is 17.2 Å². The maximum atomic E-state index is 12.2. The van der Waals surface area contributed by atoms with Gasteiger partial charge in [-0.1, -0.05) is 0 Å². The Morgan fingerprint density at radius 2 is 2.35 bits per heavy atom. The van der Waals surface area contributed by atoms with Crippen LogP contribution in [-0.4, -0.2) is 28.0 Å². The van der Waals surface area contributed by atoms with E-state index in [9.17, 15) is 4.79 Å². The van der Waals surface area contributed by atoms with Crippen molar-refractivity contribution >= 4 is 17.4 Å². The zero-order chi connectivity index (χ0) is 12.3. The van der Waals surface area contributed by atoms with E-state index in [4.69, 9.17) is 11.6 Å². The summed E-state index contributed by atoms with van der Waals surface area (Å²) < 4.78 is 1.68. The third-order valence-corrected chi connectivity index (χ3v) is 3.52. The number of rotatable bonds is 5. The summed E-state index contributed by atoms with van der Waals surface area (Å²) in [6, 6.07) is 0.446. The highest BCUT2D eigenvalue weighted by Crippen LogP contribution is 2.26. The van der Waals surface area contributed by atoms with Crippen molar-refractivity contribution in [3.63, 3.8) is 0 Å². The van der Waals surface area contributed by atoms with Crippen molar-refractivity contribution in [1.82, 2.24) is 9.55 Å². The number of aromatic nitrogens is 2. The summed E-state index contributed by atoms with van der Waals surface area (Å²) in [6.07, 6.45) is 6.93. The van der Waals surface area contributed by atoms with Gasteiger partial charge in [0.05, 0.1) is 0 Å². The van der Waals surface area contributed by atoms with Crippen LogP contribution in [0.1, 0.15) is 26.2 Å². The fourth-order valence-corrected chi connectivity index (χ4v) is 2.31. The van der Waals surface area contributed by atoms with Gasteiger partial charge in [-0.3, -0.25) is 4.79 Å². The first kappa shape index (κ1) is 12.4. The second-order valence-corrected chi connectivity index (χ2v) is 4.69. The number of aryl methyl sites for hydroxylation is 1. The second kappa shape index (κ2) is 5.54. The molecule has 0 atom stereocenters. The molecule has 2 rings (SSSR count). The summed E-state index contributed by atoms with van der Waals surface area (Å²) in [4.78, 5) is 18.5. The van der Waals surface area contributed by atoms with Crippen LogP contribution in [0.25, 0.3) is 0 Å². The monoisotopic (exact) mass is 255 g/mol. The van der Waals surface area contributed by atoms with Crippen LogP contribution < -0.4 is 10.5 Å². The Balaban J connectivity index is 2.31. The van der Waals surface area contributed by atoms with Gasteiger partial charge in [0.2, 0.25) is 0 Å². The predicted octanol–water partition coefficient (Wildman–Crippen LogP) is 1.86. The maximum Gasteiger partial charge on any atom is 0.293 e. The average molecular weight is 256 g/mol. The molecule has 0 amide bonds. The molecule has 17 heavy (non-hydrogen) atoms. The summed E-state index contributed by atoms with van der Waals surface area (Å²) >= 11 is 5.82. The van der Waals surface area contributed by atoms with Gasteiger partial charge in [0, 0.05) is 37.4 Å². The largest absolute Gasteiger partial charge is 0.348 e. The Bertz CT molecular complexity index is 428. The fourth-order valence-electron chi connectivity index (χ4n) is 2.13. The number of nitrogens with zero attached hydrogens (tertiary/aromatic N) is 3. The molecule has 1 heterocycles. The maximum absolute atomic E-state index is 12.2. The van der Waals surface area contributed by atoms with E-state index >= 15 is 0 Å². The van der Waals surface area contributed by atoms with Crippen molar-refractivity contribution in [2.24, 2.45) is 0 Å². The lowest BCUT2D eigenvalue weighted by Crippen LogP contribution is -2.45. The number of anilines is 1. The van der Waals surface area contributed by atoms with Crippen LogP contribution in [0.4, 0.5) is 5.82 Å². The van der Waals surface area contributed by atoms with Crippen molar-refractivity contribution in [1.29, 1.82) is 0 Å². The molecule has 0 radical (unpaired) electrons. The summed E-state index contributed by atoms with van der Waals surface area (Å²) in [7, 11) is 0. The van der Waals surface area contributed by atoms with Gasteiger partial charge in [-0.15, -0.1) is 11.6 Å². The summed E-state index contributed by atoms with van der Waals surface area (Å²) in [6.45, 7) is 3.33. The Morgan fingerprint density at radius 3 is 2.88 bits per heavy atom. The van der Waals surface area contributed by atoms with Crippen LogP contribution >= 0.6 is 11.6 Å². The summed E-state index contributed by atoms with van der Waals surface area (Å²) in [5.74, 6) is 1.08. The van der Waals surface area contributed by atoms with Gasteiger partial charge in [-0.2, -0.15) is 0 Å². The highest BCUT2D eigenvalue weighted by atomic mass is 35.5. The molecule has 0 aliphatic heterocycles. The molecule has 1 aromatic rings. The Kier molecular flexibility index (Phi) is 4.05. The lowest BCUT2D eigenvalue weighted by atomic mass is 9.91. The molecule has 5 heteroatoms. The molecular weight excluding hydrogens is 238 g/mol. The van der Waals surface area contributed by atoms with E-state index in [0.717, 1.165) is 12.8 Å². The topological polar surface area (TPSA) is 38.1 Å². The predicted molar refractivity (Wildman–Crippen MR) is 69.9 cm³/mol. The van der Waals surface area contributed by atoms with Crippen molar-refractivity contribution in [3.05, 3.63) is 22.7 Å². The van der Waals surface area contributed by atoms with Crippen molar-refractivity contribution in [2.45, 2.75) is 38.8 Å². The molecule has 0 bridgehead atoms. The van der Waals surface area contributed by atoms with Gasteiger partial charge >= 0.3 is 0 Å². The summed E-state index contributed by atoms with van der Waals surface area (Å²) in [5, 5.41) is 0. The van der Waals surface area contributed by atoms with E-state index < -0.39 is 0 Å². The normalized spacial score (nSPS) is 15.6. The van der Waals surface area contributed by atoms with Crippen LogP contribution in [0.3, 0.4) is 0 Å². The molecule has 0 saturated heterocycles. The first-order valence-corrected chi connectivity index (χ1v) is 6.69. The molecule has 0 aromatic carbocycles. The van der Waals surface area contributed by atoms with Gasteiger partial charge < -0.3 is 9.47 Å². The quantitative estimate of drug-likeness (QED) is 0.754. The minimum Gasteiger partial charge on any atom is -0.348 e. The molecule has 1 fully saturated rings. The summed E-state index contributed by atoms with van der Waals surface area (Å²) in [5.41, 5.74) is -0.00739. The van der Waals surface area contributed by atoms with E-state index in [1.165, 1.54) is 6.42 Å². The molecular formula is C12H18ClN3O. The SMILES string of the molecule is CCn1ccnc(N(CCCl)C2CCC2)c1=O. The molecule has 0 N–H and O–H groups in total. The van der Waals surface area contributed by atoms with E-state index in [0.29, 0.717) is 30.8 Å². The number of hydrogen-bond donors (Lipinski definition) is 0. The van der Waals surface area contributed by atoms with E-state index in [-0.39, 0.29) is 5.56 Å². The standard InChI is InChI=1S/C12H18ClN3O/c1-2-15-9-7-14-11(12(15)17)16(8-6-13)10-4-3-5-10/h7,9-10H,2-6,8H2,1H3. The minimum atomic E-state index is -0.00739. The number of hydrogen-bond acceptors (Lipinski definition) is 3. The fraction of sp³-hybridized carbons (Fsp3) is 0.667. The van der Waals surface area contributed by atoms with Crippen LogP contribution in [-0.2, 0) is 6.54 Å². The van der Waals surface area contributed by atoms with Crippen molar-refractivity contribution in [2.75, 3.05) is 17.3 Å². The molecule has 0 unspecified atom stereocenters. The number of halogens is 1. The number of alkyl halides is 1. The van der Waals surface area contributed by atoms with Gasteiger partial charge in [-0.25, -0.2) is 4.98 Å². The lowest BCUT2D eigenvalue weighted by molar-refractivity contribution is 0.387. The molecule has 1 aliphatic carbocycles. The Morgan fingerprint density at radius 1 is 1.59 bits per heavy atom. The first-order valence-electron chi connectivity index (χ1n) is 6.16. The molecule has 4 nitrogen and oxygen atoms in total. The highest BCUT2D eigenvalue weighted by Gasteiger charge is 2.27. The molecule has 94 valence electrons. The van der Waals surface area contributed by atoms with Crippen LogP contribution in [0.2, 0.25) is 0 Å². The van der Waals surface area contributed by atoms with E-state index in [1.807, 2.05) is 6.92 Å². The molecule has 1 saturated carbocycles. The molecule has 1 aromatic heterocycles. The third-order valence-electron chi connectivity index (χ3n) is 3.35. The van der Waals surface area contributed by atoms with Gasteiger partial charge in [0.1, 0.15) is 0 Å². The minimum absolute atomic E-state index is 0.00739. The first-order chi connectivity index (χ1) is 8.27. The van der Waals surface area contributed by atoms with Crippen molar-refractivity contribution < 1.29 is 0 Å². The van der Waals surface area contributed by atoms with E-state index in [2.05, 4.69) is 9.88 Å². The van der Waals surface area contributed by atoms with Gasteiger partial charge in [0.15, 0.2) is 5.82 Å². The van der Waals surface area contributed by atoms with Crippen LogP contribution in [0, 0.1) is 0 Å².